The van der Waals surface area contributed by atoms with Gasteiger partial charge in [0.2, 0.25) is 15.9 Å². The molecule has 1 amide bonds. The van der Waals surface area contributed by atoms with Crippen molar-refractivity contribution in [2.75, 3.05) is 13.2 Å². The van der Waals surface area contributed by atoms with E-state index in [9.17, 15) is 23.3 Å². The summed E-state index contributed by atoms with van der Waals surface area (Å²) in [5.74, 6) is -0.603. The summed E-state index contributed by atoms with van der Waals surface area (Å²) in [5, 5.41) is 19.2. The van der Waals surface area contributed by atoms with Gasteiger partial charge >= 0.3 is 0 Å². The summed E-state index contributed by atoms with van der Waals surface area (Å²) in [6, 6.07) is 9.84. The van der Waals surface area contributed by atoms with E-state index in [1.165, 1.54) is 10.7 Å². The normalized spacial score (nSPS) is 15.7. The monoisotopic (exact) mass is 591 g/mol. The molecule has 2 N–H and O–H groups in total. The number of hydrogen-bond acceptors (Lipinski definition) is 8. The second kappa shape index (κ2) is 11.5. The number of nitro benzene ring substituents is 1. The molecule has 2 heterocycles. The van der Waals surface area contributed by atoms with E-state index in [-0.39, 0.29) is 23.4 Å². The molecule has 0 unspecified atom stereocenters. The summed E-state index contributed by atoms with van der Waals surface area (Å²) in [7, 11) is -4.27. The third kappa shape index (κ3) is 6.78. The number of non-ortho nitro benzene ring substituents is 1. The zero-order chi connectivity index (χ0) is 29.2. The maximum absolute atomic E-state index is 13.3. The number of nitrogens with zero attached hydrogens (tertiary/aromatic N) is 3. The summed E-state index contributed by atoms with van der Waals surface area (Å²) in [6.45, 7) is 7.50. The van der Waals surface area contributed by atoms with Crippen molar-refractivity contribution in [2.24, 2.45) is 0 Å². The lowest BCUT2D eigenvalue weighted by molar-refractivity contribution is -0.385. The number of amides is 1. The first-order valence-corrected chi connectivity index (χ1v) is 14.4. The second-order valence-electron chi connectivity index (χ2n) is 10.4. The lowest BCUT2D eigenvalue weighted by atomic mass is 10.1. The van der Waals surface area contributed by atoms with E-state index in [1.807, 2.05) is 0 Å². The quantitative estimate of drug-likeness (QED) is 0.272. The molecule has 1 aliphatic rings. The van der Waals surface area contributed by atoms with Crippen molar-refractivity contribution in [3.8, 4) is 17.3 Å². The Hall–Kier alpha value is -3.52. The van der Waals surface area contributed by atoms with Gasteiger partial charge in [-0.25, -0.2) is 13.1 Å². The van der Waals surface area contributed by atoms with Crippen LogP contribution >= 0.6 is 11.6 Å². The number of nitro groups is 1. The van der Waals surface area contributed by atoms with Crippen molar-refractivity contribution in [3.05, 3.63) is 68.9 Å². The number of carbonyl (C=O) groups is 1. The van der Waals surface area contributed by atoms with Gasteiger partial charge in [-0.2, -0.15) is 9.78 Å². The van der Waals surface area contributed by atoms with Gasteiger partial charge in [0.05, 0.1) is 16.7 Å². The van der Waals surface area contributed by atoms with E-state index in [2.05, 4.69) is 15.1 Å². The number of halogens is 1. The van der Waals surface area contributed by atoms with Crippen LogP contribution in [0.4, 0.5) is 5.69 Å². The number of carbonyl (C=O) groups excluding carboxylic acids is 1. The highest BCUT2D eigenvalue weighted by Gasteiger charge is 2.30. The molecule has 1 saturated heterocycles. The molecule has 0 saturated carbocycles. The molecule has 0 aliphatic carbocycles. The topological polar surface area (TPSA) is 155 Å². The van der Waals surface area contributed by atoms with E-state index < -0.39 is 37.0 Å². The molecule has 2 aromatic carbocycles. The lowest BCUT2D eigenvalue weighted by Gasteiger charge is -2.21. The molecule has 1 fully saturated rings. The summed E-state index contributed by atoms with van der Waals surface area (Å²) in [6.07, 6.45) is 1.68. The molecule has 1 aliphatic heterocycles. The SMILES string of the molecule is Cc1c(C(=O)NC[C@@H]2CCCO2)nn(-c2ccc(Cl)cc2)c1Oc1ccc([N+](=O)[O-])cc1S(=O)(=O)NC(C)(C)C. The van der Waals surface area contributed by atoms with E-state index in [0.29, 0.717) is 29.4 Å². The molecular weight excluding hydrogens is 562 g/mol. The number of aromatic nitrogens is 2. The highest BCUT2D eigenvalue weighted by molar-refractivity contribution is 7.89. The number of nitrogens with one attached hydrogen (secondary N) is 2. The van der Waals surface area contributed by atoms with Crippen LogP contribution in [0.2, 0.25) is 5.02 Å². The fourth-order valence-corrected chi connectivity index (χ4v) is 5.83. The molecule has 0 radical (unpaired) electrons. The zero-order valence-electron chi connectivity index (χ0n) is 22.4. The number of hydrogen-bond donors (Lipinski definition) is 2. The molecule has 4 rings (SSSR count). The Morgan fingerprint density at radius 2 is 1.95 bits per heavy atom. The van der Waals surface area contributed by atoms with Crippen molar-refractivity contribution in [1.82, 2.24) is 19.8 Å². The Morgan fingerprint density at radius 3 is 2.55 bits per heavy atom. The lowest BCUT2D eigenvalue weighted by Crippen LogP contribution is -2.40. The molecule has 1 atom stereocenters. The first kappa shape index (κ1) is 29.5. The first-order chi connectivity index (χ1) is 18.7. The molecule has 214 valence electrons. The maximum atomic E-state index is 13.3. The molecule has 12 nitrogen and oxygen atoms in total. The van der Waals surface area contributed by atoms with Crippen LogP contribution in [-0.2, 0) is 14.8 Å². The van der Waals surface area contributed by atoms with Crippen LogP contribution in [0.1, 0.15) is 49.7 Å². The standard InChI is InChI=1S/C26H30ClN5O7S/c1-16-23(24(33)28-15-20-6-5-13-38-20)29-31(18-9-7-17(27)8-10-18)25(16)39-21-12-11-19(32(34)35)14-22(21)40(36,37)30-26(2,3)4/h7-12,14,20,30H,5-6,13,15H2,1-4H3,(H,28,33)/t20-/m0/s1. The van der Waals surface area contributed by atoms with Gasteiger partial charge in [-0.05, 0) is 70.9 Å². The van der Waals surface area contributed by atoms with Crippen molar-refractivity contribution >= 4 is 33.2 Å². The number of benzene rings is 2. The third-order valence-electron chi connectivity index (χ3n) is 5.94. The molecule has 14 heteroatoms. The summed E-state index contributed by atoms with van der Waals surface area (Å²) < 4.78 is 42.2. The third-order valence-corrected chi connectivity index (χ3v) is 7.97. The Bertz CT molecular complexity index is 1530. The average molecular weight is 592 g/mol. The first-order valence-electron chi connectivity index (χ1n) is 12.5. The second-order valence-corrected chi connectivity index (χ2v) is 12.4. The number of rotatable bonds is 9. The molecular formula is C26H30ClN5O7S. The van der Waals surface area contributed by atoms with Gasteiger partial charge in [0.15, 0.2) is 5.69 Å². The van der Waals surface area contributed by atoms with Crippen LogP contribution in [0.15, 0.2) is 47.4 Å². The Labute approximate surface area is 236 Å². The van der Waals surface area contributed by atoms with Gasteiger partial charge in [0.25, 0.3) is 11.6 Å². The smallest absolute Gasteiger partial charge is 0.272 e. The van der Waals surface area contributed by atoms with Crippen LogP contribution in [0.5, 0.6) is 11.6 Å². The minimum Gasteiger partial charge on any atom is -0.437 e. The summed E-state index contributed by atoms with van der Waals surface area (Å²) in [4.78, 5) is 23.5. The van der Waals surface area contributed by atoms with E-state index in [1.54, 1.807) is 52.0 Å². The van der Waals surface area contributed by atoms with Crippen LogP contribution < -0.4 is 14.8 Å². The molecule has 40 heavy (non-hydrogen) atoms. The maximum Gasteiger partial charge on any atom is 0.272 e. The summed E-state index contributed by atoms with van der Waals surface area (Å²) >= 11 is 6.06. The van der Waals surface area contributed by atoms with E-state index in [4.69, 9.17) is 21.1 Å². The van der Waals surface area contributed by atoms with Crippen molar-refractivity contribution in [2.45, 2.75) is 57.1 Å². The van der Waals surface area contributed by atoms with Gasteiger partial charge in [-0.15, -0.1) is 0 Å². The Balaban J connectivity index is 1.79. The predicted octanol–water partition coefficient (Wildman–Crippen LogP) is 4.52. The van der Waals surface area contributed by atoms with Gasteiger partial charge in [0, 0.05) is 41.4 Å². The fourth-order valence-electron chi connectivity index (χ4n) is 4.14. The van der Waals surface area contributed by atoms with Crippen LogP contribution in [0.25, 0.3) is 5.69 Å². The van der Waals surface area contributed by atoms with E-state index in [0.717, 1.165) is 25.0 Å². The molecule has 1 aromatic heterocycles. The minimum absolute atomic E-state index is 0.0469. The predicted molar refractivity (Wildman–Crippen MR) is 148 cm³/mol. The van der Waals surface area contributed by atoms with E-state index >= 15 is 0 Å². The average Bonchev–Trinajstić information content (AvgIpc) is 3.50. The molecule has 0 spiro atoms. The Morgan fingerprint density at radius 1 is 1.25 bits per heavy atom. The van der Waals surface area contributed by atoms with Crippen LogP contribution in [-0.4, -0.2) is 53.8 Å². The fraction of sp³-hybridized carbons (Fsp3) is 0.385. The van der Waals surface area contributed by atoms with Gasteiger partial charge in [-0.1, -0.05) is 11.6 Å². The largest absolute Gasteiger partial charge is 0.437 e. The van der Waals surface area contributed by atoms with Crippen LogP contribution in [0, 0.1) is 17.0 Å². The molecule has 0 bridgehead atoms. The van der Waals surface area contributed by atoms with Crippen molar-refractivity contribution in [1.29, 1.82) is 0 Å². The van der Waals surface area contributed by atoms with Crippen LogP contribution in [0.3, 0.4) is 0 Å². The number of ether oxygens (including phenoxy) is 2. The zero-order valence-corrected chi connectivity index (χ0v) is 24.0. The molecule has 3 aromatic rings. The van der Waals surface area contributed by atoms with Gasteiger partial charge in [0.1, 0.15) is 10.6 Å². The minimum atomic E-state index is -4.27. The highest BCUT2D eigenvalue weighted by Crippen LogP contribution is 2.36. The highest BCUT2D eigenvalue weighted by atomic mass is 35.5. The summed E-state index contributed by atoms with van der Waals surface area (Å²) in [5.41, 5.74) is -0.443. The van der Waals surface area contributed by atoms with Gasteiger partial charge in [-0.3, -0.25) is 14.9 Å². The van der Waals surface area contributed by atoms with Gasteiger partial charge < -0.3 is 14.8 Å². The Kier molecular flexibility index (Phi) is 8.49. The van der Waals surface area contributed by atoms with Crippen molar-refractivity contribution in [3.63, 3.8) is 0 Å². The number of sulfonamides is 1. The van der Waals surface area contributed by atoms with Crippen molar-refractivity contribution < 1.29 is 27.6 Å².